The van der Waals surface area contributed by atoms with E-state index in [2.05, 4.69) is 15.7 Å². The van der Waals surface area contributed by atoms with Crippen molar-refractivity contribution in [3.8, 4) is 5.69 Å². The lowest BCUT2D eigenvalue weighted by Gasteiger charge is -2.09. The van der Waals surface area contributed by atoms with Crippen LogP contribution in [0, 0.1) is 0 Å². The summed E-state index contributed by atoms with van der Waals surface area (Å²) in [5, 5.41) is 9.61. The predicted molar refractivity (Wildman–Crippen MR) is 142 cm³/mol. The maximum atomic E-state index is 12.7. The Morgan fingerprint density at radius 1 is 0.947 bits per heavy atom. The van der Waals surface area contributed by atoms with Crippen LogP contribution in [-0.2, 0) is 21.1 Å². The molecule has 2 heterocycles. The Balaban J connectivity index is 1.13. The summed E-state index contributed by atoms with van der Waals surface area (Å²) in [4.78, 5) is 25.0. The second kappa shape index (κ2) is 10.2. The molecule has 1 aliphatic rings. The Bertz CT molecular complexity index is 1640. The summed E-state index contributed by atoms with van der Waals surface area (Å²) in [6.07, 6.45) is 2.36. The molecule has 0 atom stereocenters. The molecule has 11 heteroatoms. The minimum Gasteiger partial charge on any atom is -0.444 e. The third-order valence-corrected chi connectivity index (χ3v) is 7.74. The maximum absolute atomic E-state index is 12.7. The topological polar surface area (TPSA) is 145 Å². The van der Waals surface area contributed by atoms with Gasteiger partial charge in [-0.05, 0) is 47.5 Å². The Morgan fingerprint density at radius 3 is 2.39 bits per heavy atom. The molecule has 192 valence electrons. The highest BCUT2D eigenvalue weighted by molar-refractivity contribution is 7.95. The zero-order chi connectivity index (χ0) is 26.7. The van der Waals surface area contributed by atoms with Crippen molar-refractivity contribution in [2.75, 3.05) is 17.7 Å². The van der Waals surface area contributed by atoms with Crippen LogP contribution in [0.3, 0.4) is 0 Å². The molecule has 0 saturated heterocycles. The van der Waals surface area contributed by atoms with Crippen LogP contribution in [0.25, 0.3) is 11.8 Å². The van der Waals surface area contributed by atoms with Gasteiger partial charge in [0.25, 0.3) is 5.91 Å². The molecule has 2 amide bonds. The van der Waals surface area contributed by atoms with Crippen LogP contribution in [0.1, 0.15) is 21.5 Å². The molecule has 38 heavy (non-hydrogen) atoms. The van der Waals surface area contributed by atoms with Crippen molar-refractivity contribution in [3.05, 3.63) is 107 Å². The first-order chi connectivity index (χ1) is 18.3. The number of rotatable bonds is 7. The van der Waals surface area contributed by atoms with E-state index in [1.54, 1.807) is 53.3 Å². The highest BCUT2D eigenvalue weighted by atomic mass is 32.2. The van der Waals surface area contributed by atoms with Gasteiger partial charge in [-0.25, -0.2) is 17.9 Å². The summed E-state index contributed by atoms with van der Waals surface area (Å²) in [6, 6.07) is 22.5. The van der Waals surface area contributed by atoms with Crippen molar-refractivity contribution in [3.63, 3.8) is 0 Å². The summed E-state index contributed by atoms with van der Waals surface area (Å²) < 4.78 is 31.8. The van der Waals surface area contributed by atoms with Gasteiger partial charge >= 0.3 is 6.09 Å². The smallest absolute Gasteiger partial charge is 0.407 e. The summed E-state index contributed by atoms with van der Waals surface area (Å²) in [7, 11) is -3.66. The molecular weight excluding hydrogens is 506 g/mol. The highest BCUT2D eigenvalue weighted by Crippen LogP contribution is 2.32. The van der Waals surface area contributed by atoms with Gasteiger partial charge in [0, 0.05) is 12.1 Å². The number of carbonyl (C=O) groups is 2. The molecule has 0 aliphatic carbocycles. The SMILES string of the molecule is Nc1cn(-c2ccccc2)nc1NC(=O)c1ccc(CNC(=O)OCC2=Cc3ccccc3S2(=O)=O)cc1. The number of nitrogen functional groups attached to an aromatic ring is 1. The van der Waals surface area contributed by atoms with Gasteiger partial charge in [-0.3, -0.25) is 4.79 Å². The Hall–Kier alpha value is -4.90. The molecule has 0 saturated carbocycles. The number of ether oxygens (including phenoxy) is 1. The molecule has 1 aliphatic heterocycles. The molecular formula is C27H23N5O5S. The number of nitrogens with two attached hydrogens (primary N) is 1. The zero-order valence-electron chi connectivity index (χ0n) is 20.0. The standard InChI is InChI=1S/C27H23N5O5S/c28-23-16-32(21-7-2-1-3-8-21)31-25(23)30-26(33)19-12-10-18(11-13-19)15-29-27(34)37-17-22-14-20-6-4-5-9-24(20)38(22,35)36/h1-14,16H,15,17,28H2,(H,29,34)(H,30,31,33). The minimum atomic E-state index is -3.66. The molecule has 0 fully saturated rings. The number of sulfone groups is 1. The van der Waals surface area contributed by atoms with E-state index in [-0.39, 0.29) is 34.7 Å². The summed E-state index contributed by atoms with van der Waals surface area (Å²) >= 11 is 0. The molecule has 0 radical (unpaired) electrons. The number of nitrogens with one attached hydrogen (secondary N) is 2. The number of hydrogen-bond acceptors (Lipinski definition) is 7. The largest absolute Gasteiger partial charge is 0.444 e. The van der Waals surface area contributed by atoms with Crippen molar-refractivity contribution < 1.29 is 22.7 Å². The van der Waals surface area contributed by atoms with Gasteiger partial charge in [0.1, 0.15) is 6.61 Å². The number of amides is 2. The molecule has 10 nitrogen and oxygen atoms in total. The lowest BCUT2D eigenvalue weighted by Crippen LogP contribution is -2.25. The first-order valence-electron chi connectivity index (χ1n) is 11.6. The third-order valence-electron chi connectivity index (χ3n) is 5.86. The number of hydrogen-bond donors (Lipinski definition) is 3. The molecule has 5 rings (SSSR count). The lowest BCUT2D eigenvalue weighted by atomic mass is 10.1. The predicted octanol–water partition coefficient (Wildman–Crippen LogP) is 3.76. The van der Waals surface area contributed by atoms with E-state index in [0.29, 0.717) is 22.4 Å². The number of para-hydroxylation sites is 1. The maximum Gasteiger partial charge on any atom is 0.407 e. The van der Waals surface area contributed by atoms with Crippen LogP contribution in [0.2, 0.25) is 0 Å². The second-order valence-electron chi connectivity index (χ2n) is 8.45. The van der Waals surface area contributed by atoms with E-state index in [1.807, 2.05) is 30.3 Å². The van der Waals surface area contributed by atoms with Crippen molar-refractivity contribution >= 4 is 39.4 Å². The molecule has 1 aromatic heterocycles. The van der Waals surface area contributed by atoms with Crippen LogP contribution in [-0.4, -0.2) is 36.8 Å². The van der Waals surface area contributed by atoms with Gasteiger partial charge < -0.3 is 21.1 Å². The summed E-state index contributed by atoms with van der Waals surface area (Å²) in [5.41, 5.74) is 8.81. The number of fused-ring (bicyclic) bond motifs is 1. The van der Waals surface area contributed by atoms with E-state index in [0.717, 1.165) is 5.69 Å². The molecule has 0 spiro atoms. The highest BCUT2D eigenvalue weighted by Gasteiger charge is 2.29. The fraction of sp³-hybridized carbons (Fsp3) is 0.0741. The van der Waals surface area contributed by atoms with Crippen LogP contribution < -0.4 is 16.4 Å². The minimum absolute atomic E-state index is 0.0263. The van der Waals surface area contributed by atoms with Gasteiger partial charge in [0.05, 0.1) is 27.4 Å². The van der Waals surface area contributed by atoms with Gasteiger partial charge in [-0.15, -0.1) is 5.10 Å². The first-order valence-corrected chi connectivity index (χ1v) is 13.1. The number of benzene rings is 3. The number of nitrogens with zero attached hydrogens (tertiary/aromatic N) is 2. The number of alkyl carbamates (subject to hydrolysis) is 1. The zero-order valence-corrected chi connectivity index (χ0v) is 20.8. The van der Waals surface area contributed by atoms with Crippen LogP contribution in [0.5, 0.6) is 0 Å². The van der Waals surface area contributed by atoms with Crippen molar-refractivity contribution in [1.82, 2.24) is 15.1 Å². The van der Waals surface area contributed by atoms with Crippen molar-refractivity contribution in [2.24, 2.45) is 0 Å². The van der Waals surface area contributed by atoms with E-state index in [1.165, 1.54) is 12.1 Å². The molecule has 4 N–H and O–H groups in total. The normalized spacial score (nSPS) is 13.3. The first kappa shape index (κ1) is 24.8. The fourth-order valence-electron chi connectivity index (χ4n) is 3.87. The van der Waals surface area contributed by atoms with Gasteiger partial charge in [0.15, 0.2) is 5.82 Å². The van der Waals surface area contributed by atoms with Crippen molar-refractivity contribution in [1.29, 1.82) is 0 Å². The van der Waals surface area contributed by atoms with Gasteiger partial charge in [-0.1, -0.05) is 48.5 Å². The van der Waals surface area contributed by atoms with Gasteiger partial charge in [0.2, 0.25) is 9.84 Å². The van der Waals surface area contributed by atoms with E-state index < -0.39 is 15.9 Å². The molecule has 3 aromatic carbocycles. The van der Waals surface area contributed by atoms with E-state index >= 15 is 0 Å². The molecule has 0 unspecified atom stereocenters. The average molecular weight is 530 g/mol. The summed E-state index contributed by atoms with van der Waals surface area (Å²) in [6.45, 7) is -0.244. The van der Waals surface area contributed by atoms with E-state index in [4.69, 9.17) is 10.5 Å². The van der Waals surface area contributed by atoms with Crippen LogP contribution in [0.4, 0.5) is 16.3 Å². The Labute approximate surface area is 218 Å². The fourth-order valence-corrected chi connectivity index (χ4v) is 5.34. The number of anilines is 2. The van der Waals surface area contributed by atoms with Gasteiger partial charge in [-0.2, -0.15) is 0 Å². The molecule has 4 aromatic rings. The second-order valence-corrected chi connectivity index (χ2v) is 10.4. The quantitative estimate of drug-likeness (QED) is 0.330. The summed E-state index contributed by atoms with van der Waals surface area (Å²) in [5.74, 6) is -0.143. The Kier molecular flexibility index (Phi) is 6.67. The molecule has 0 bridgehead atoms. The van der Waals surface area contributed by atoms with Crippen LogP contribution in [0.15, 0.2) is 94.9 Å². The third kappa shape index (κ3) is 5.13. The number of carbonyl (C=O) groups excluding carboxylic acids is 2. The average Bonchev–Trinajstić information content (AvgIpc) is 3.42. The lowest BCUT2D eigenvalue weighted by molar-refractivity contribution is 0.102. The monoisotopic (exact) mass is 529 g/mol. The Morgan fingerprint density at radius 2 is 1.66 bits per heavy atom. The number of aromatic nitrogens is 2. The van der Waals surface area contributed by atoms with Crippen molar-refractivity contribution in [2.45, 2.75) is 11.4 Å². The van der Waals surface area contributed by atoms with Crippen LogP contribution >= 0.6 is 0 Å². The van der Waals surface area contributed by atoms with E-state index in [9.17, 15) is 18.0 Å².